The van der Waals surface area contributed by atoms with Crippen LogP contribution in [0.5, 0.6) is 5.75 Å². The first kappa shape index (κ1) is 12.9. The molecule has 18 heavy (non-hydrogen) atoms. The van der Waals surface area contributed by atoms with Crippen LogP contribution in [0, 0.1) is 6.92 Å². The Bertz CT molecular complexity index is 439. The van der Waals surface area contributed by atoms with E-state index >= 15 is 0 Å². The van der Waals surface area contributed by atoms with E-state index < -0.39 is 0 Å². The normalized spacial score (nSPS) is 20.7. The lowest BCUT2D eigenvalue weighted by atomic mass is 10.1. The van der Waals surface area contributed by atoms with Crippen molar-refractivity contribution in [3.05, 3.63) is 29.3 Å². The molecule has 0 bridgehead atoms. The number of benzene rings is 1. The van der Waals surface area contributed by atoms with Gasteiger partial charge in [-0.25, -0.2) is 0 Å². The van der Waals surface area contributed by atoms with E-state index in [1.807, 2.05) is 6.92 Å². The second-order valence-corrected chi connectivity index (χ2v) is 4.78. The number of carbonyl (C=O) groups excluding carboxylic acids is 1. The number of para-hydroxylation sites is 1. The molecule has 1 aliphatic rings. The van der Waals surface area contributed by atoms with Crippen molar-refractivity contribution < 1.29 is 14.6 Å². The fraction of sp³-hybridized carbons (Fsp3) is 0.500. The topological polar surface area (TPSA) is 58.6 Å². The molecule has 1 aromatic carbocycles. The van der Waals surface area contributed by atoms with E-state index in [-0.39, 0.29) is 23.8 Å². The van der Waals surface area contributed by atoms with Gasteiger partial charge in [0.15, 0.2) is 0 Å². The summed E-state index contributed by atoms with van der Waals surface area (Å²) in [6.45, 7) is 4.47. The van der Waals surface area contributed by atoms with Crippen molar-refractivity contribution in [3.8, 4) is 5.75 Å². The quantitative estimate of drug-likeness (QED) is 0.861. The van der Waals surface area contributed by atoms with E-state index in [9.17, 15) is 9.90 Å². The van der Waals surface area contributed by atoms with Crippen molar-refractivity contribution in [1.29, 1.82) is 0 Å². The van der Waals surface area contributed by atoms with Crippen LogP contribution in [0.15, 0.2) is 18.2 Å². The van der Waals surface area contributed by atoms with E-state index in [1.54, 1.807) is 25.1 Å². The standard InChI is InChI=1S/C14H19NO3/c1-9-5-3-6-11(13(9)16)14(17)15-10(2)12-7-4-8-18-12/h3,5-6,10,12,16H,4,7-8H2,1-2H3,(H,15,17). The Morgan fingerprint density at radius 2 is 2.33 bits per heavy atom. The second-order valence-electron chi connectivity index (χ2n) is 4.78. The number of aromatic hydroxyl groups is 1. The molecule has 0 radical (unpaired) electrons. The molecule has 0 aromatic heterocycles. The van der Waals surface area contributed by atoms with E-state index in [1.165, 1.54) is 0 Å². The highest BCUT2D eigenvalue weighted by atomic mass is 16.5. The van der Waals surface area contributed by atoms with E-state index in [0.717, 1.165) is 19.4 Å². The van der Waals surface area contributed by atoms with Crippen LogP contribution in [0.4, 0.5) is 0 Å². The molecule has 1 aliphatic heterocycles. The van der Waals surface area contributed by atoms with E-state index in [4.69, 9.17) is 4.74 Å². The van der Waals surface area contributed by atoms with Gasteiger partial charge in [-0.15, -0.1) is 0 Å². The van der Waals surface area contributed by atoms with Gasteiger partial charge in [-0.05, 0) is 38.3 Å². The first-order chi connectivity index (χ1) is 8.59. The van der Waals surface area contributed by atoms with Crippen molar-refractivity contribution in [1.82, 2.24) is 5.32 Å². The monoisotopic (exact) mass is 249 g/mol. The van der Waals surface area contributed by atoms with Crippen LogP contribution in [-0.4, -0.2) is 29.8 Å². The third kappa shape index (κ3) is 2.64. The Morgan fingerprint density at radius 1 is 1.56 bits per heavy atom. The molecule has 4 heteroatoms. The second kappa shape index (κ2) is 5.40. The first-order valence-corrected chi connectivity index (χ1v) is 6.30. The summed E-state index contributed by atoms with van der Waals surface area (Å²) in [7, 11) is 0. The Labute approximate surface area is 107 Å². The highest BCUT2D eigenvalue weighted by Gasteiger charge is 2.24. The molecule has 1 heterocycles. The number of aryl methyl sites for hydroxylation is 1. The van der Waals surface area contributed by atoms with Gasteiger partial charge in [-0.1, -0.05) is 12.1 Å². The van der Waals surface area contributed by atoms with Gasteiger partial charge in [0, 0.05) is 6.61 Å². The minimum absolute atomic E-state index is 0.0417. The third-order valence-electron chi connectivity index (χ3n) is 3.36. The van der Waals surface area contributed by atoms with Crippen molar-refractivity contribution in [2.24, 2.45) is 0 Å². The zero-order chi connectivity index (χ0) is 13.1. The largest absolute Gasteiger partial charge is 0.507 e. The number of hydrogen-bond donors (Lipinski definition) is 2. The van der Waals surface area contributed by atoms with Crippen LogP contribution in [0.25, 0.3) is 0 Å². The number of carbonyl (C=O) groups is 1. The maximum absolute atomic E-state index is 12.1. The van der Waals surface area contributed by atoms with Crippen LogP contribution >= 0.6 is 0 Å². The molecule has 0 saturated carbocycles. The van der Waals surface area contributed by atoms with Crippen LogP contribution < -0.4 is 5.32 Å². The Hall–Kier alpha value is -1.55. The lowest BCUT2D eigenvalue weighted by Crippen LogP contribution is -2.40. The van der Waals surface area contributed by atoms with Gasteiger partial charge in [-0.2, -0.15) is 0 Å². The van der Waals surface area contributed by atoms with Crippen LogP contribution in [0.1, 0.15) is 35.7 Å². The molecular formula is C14H19NO3. The summed E-state index contributed by atoms with van der Waals surface area (Å²) in [4.78, 5) is 12.1. The summed E-state index contributed by atoms with van der Waals surface area (Å²) in [6.07, 6.45) is 2.10. The fourth-order valence-corrected chi connectivity index (χ4v) is 2.22. The molecular weight excluding hydrogens is 230 g/mol. The van der Waals surface area contributed by atoms with Crippen LogP contribution in [0.2, 0.25) is 0 Å². The maximum Gasteiger partial charge on any atom is 0.255 e. The van der Waals surface area contributed by atoms with Crippen molar-refractivity contribution >= 4 is 5.91 Å². The predicted octanol–water partition coefficient (Wildman–Crippen LogP) is 2.00. The number of rotatable bonds is 3. The Balaban J connectivity index is 2.05. The average Bonchev–Trinajstić information content (AvgIpc) is 2.86. The van der Waals surface area contributed by atoms with Crippen molar-refractivity contribution in [3.63, 3.8) is 0 Å². The third-order valence-corrected chi connectivity index (χ3v) is 3.36. The SMILES string of the molecule is Cc1cccc(C(=O)NC(C)C2CCCO2)c1O. The van der Waals surface area contributed by atoms with Gasteiger partial charge < -0.3 is 15.2 Å². The minimum atomic E-state index is -0.251. The zero-order valence-electron chi connectivity index (χ0n) is 10.8. The summed E-state index contributed by atoms with van der Waals surface area (Å²) in [5, 5.41) is 12.7. The zero-order valence-corrected chi connectivity index (χ0v) is 10.8. The number of hydrogen-bond acceptors (Lipinski definition) is 3. The lowest BCUT2D eigenvalue weighted by molar-refractivity contribution is 0.0711. The number of ether oxygens (including phenoxy) is 1. The number of nitrogens with one attached hydrogen (secondary N) is 1. The van der Waals surface area contributed by atoms with Gasteiger partial charge in [0.2, 0.25) is 0 Å². The summed E-state index contributed by atoms with van der Waals surface area (Å²) < 4.78 is 5.53. The molecule has 2 atom stereocenters. The summed E-state index contributed by atoms with van der Waals surface area (Å²) in [6, 6.07) is 5.12. The molecule has 1 amide bonds. The van der Waals surface area contributed by atoms with Gasteiger partial charge in [0.05, 0.1) is 17.7 Å². The highest BCUT2D eigenvalue weighted by Crippen LogP contribution is 2.22. The molecule has 1 aromatic rings. The lowest BCUT2D eigenvalue weighted by Gasteiger charge is -2.20. The Kier molecular flexibility index (Phi) is 3.87. The minimum Gasteiger partial charge on any atom is -0.507 e. The molecule has 0 spiro atoms. The van der Waals surface area contributed by atoms with Gasteiger partial charge in [0.25, 0.3) is 5.91 Å². The first-order valence-electron chi connectivity index (χ1n) is 6.30. The molecule has 98 valence electrons. The van der Waals surface area contributed by atoms with Gasteiger partial charge >= 0.3 is 0 Å². The summed E-state index contributed by atoms with van der Waals surface area (Å²) >= 11 is 0. The van der Waals surface area contributed by atoms with Gasteiger partial charge in [-0.3, -0.25) is 4.79 Å². The number of amides is 1. The number of phenols is 1. The summed E-state index contributed by atoms with van der Waals surface area (Å²) in [5.74, 6) is -0.200. The molecule has 1 saturated heterocycles. The van der Waals surface area contributed by atoms with Crippen molar-refractivity contribution in [2.45, 2.75) is 38.8 Å². The van der Waals surface area contributed by atoms with E-state index in [2.05, 4.69) is 5.32 Å². The molecule has 2 N–H and O–H groups in total. The van der Waals surface area contributed by atoms with Gasteiger partial charge in [0.1, 0.15) is 5.75 Å². The van der Waals surface area contributed by atoms with E-state index in [0.29, 0.717) is 11.1 Å². The average molecular weight is 249 g/mol. The smallest absolute Gasteiger partial charge is 0.255 e. The van der Waals surface area contributed by atoms with Crippen molar-refractivity contribution in [2.75, 3.05) is 6.61 Å². The maximum atomic E-state index is 12.1. The number of phenolic OH excluding ortho intramolecular Hbond substituents is 1. The summed E-state index contributed by atoms with van der Waals surface area (Å²) in [5.41, 5.74) is 1.02. The molecule has 2 unspecified atom stereocenters. The van der Waals surface area contributed by atoms with Crippen LogP contribution in [0.3, 0.4) is 0 Å². The predicted molar refractivity (Wildman–Crippen MR) is 68.7 cm³/mol. The molecule has 0 aliphatic carbocycles. The Morgan fingerprint density at radius 3 is 3.00 bits per heavy atom. The molecule has 1 fully saturated rings. The highest BCUT2D eigenvalue weighted by molar-refractivity contribution is 5.97. The fourth-order valence-electron chi connectivity index (χ4n) is 2.22. The van der Waals surface area contributed by atoms with Crippen LogP contribution in [-0.2, 0) is 4.74 Å². The molecule has 2 rings (SSSR count). The molecule has 4 nitrogen and oxygen atoms in total.